The molecule has 1 fully saturated rings. The molecule has 4 rings (SSSR count). The highest BCUT2D eigenvalue weighted by Crippen LogP contribution is 2.28. The minimum atomic E-state index is -0.606. The maximum Gasteiger partial charge on any atom is 0.251 e. The van der Waals surface area contributed by atoms with E-state index < -0.39 is 6.04 Å². The molecular formula is C26H27N3O3. The number of hydrogen-bond acceptors (Lipinski definition) is 4. The average Bonchev–Trinajstić information content (AvgIpc) is 3.25. The Kier molecular flexibility index (Phi) is 6.70. The molecule has 0 spiro atoms. The zero-order valence-electron chi connectivity index (χ0n) is 18.1. The first-order valence-corrected chi connectivity index (χ1v) is 10.9. The van der Waals surface area contributed by atoms with Gasteiger partial charge in [0.15, 0.2) is 0 Å². The maximum atomic E-state index is 13.3. The lowest BCUT2D eigenvalue weighted by molar-refractivity contribution is -0.117. The SMILES string of the molecule is CCOc1ccccc1NC(=O)C(Nc1ccc(N2CCCC2=O)cc1)c1ccccc1. The second-order valence-corrected chi connectivity index (χ2v) is 7.60. The summed E-state index contributed by atoms with van der Waals surface area (Å²) in [4.78, 5) is 27.1. The van der Waals surface area contributed by atoms with Gasteiger partial charge in [0.05, 0.1) is 12.3 Å². The molecular weight excluding hydrogens is 402 g/mol. The monoisotopic (exact) mass is 429 g/mol. The third-order valence-corrected chi connectivity index (χ3v) is 5.40. The second kappa shape index (κ2) is 10.0. The standard InChI is InChI=1S/C26H27N3O3/c1-2-32-23-12-7-6-11-22(23)28-26(31)25(19-9-4-3-5-10-19)27-20-14-16-21(17-15-20)29-18-8-13-24(29)30/h3-7,9-12,14-17,25,27H,2,8,13,18H2,1H3,(H,28,31). The van der Waals surface area contributed by atoms with E-state index in [9.17, 15) is 9.59 Å². The van der Waals surface area contributed by atoms with Crippen LogP contribution in [0.5, 0.6) is 5.75 Å². The summed E-state index contributed by atoms with van der Waals surface area (Å²) in [5, 5.41) is 6.34. The number of hydrogen-bond donors (Lipinski definition) is 2. The van der Waals surface area contributed by atoms with Gasteiger partial charge in [-0.2, -0.15) is 0 Å². The predicted molar refractivity (Wildman–Crippen MR) is 127 cm³/mol. The van der Waals surface area contributed by atoms with Crippen LogP contribution in [-0.2, 0) is 9.59 Å². The number of para-hydroxylation sites is 2. The zero-order valence-corrected chi connectivity index (χ0v) is 18.1. The fourth-order valence-corrected chi connectivity index (χ4v) is 3.83. The number of amides is 2. The molecule has 1 saturated heterocycles. The van der Waals surface area contributed by atoms with Crippen LogP contribution in [0.3, 0.4) is 0 Å². The van der Waals surface area contributed by atoms with E-state index in [2.05, 4.69) is 10.6 Å². The van der Waals surface area contributed by atoms with Crippen molar-refractivity contribution in [2.45, 2.75) is 25.8 Å². The maximum absolute atomic E-state index is 13.3. The normalized spacial score (nSPS) is 14.2. The molecule has 0 aromatic heterocycles. The Balaban J connectivity index is 1.55. The molecule has 6 nitrogen and oxygen atoms in total. The third-order valence-electron chi connectivity index (χ3n) is 5.40. The first kappa shape index (κ1) is 21.4. The van der Waals surface area contributed by atoms with Crippen molar-refractivity contribution in [1.29, 1.82) is 0 Å². The molecule has 0 bridgehead atoms. The lowest BCUT2D eigenvalue weighted by atomic mass is 10.1. The van der Waals surface area contributed by atoms with Gasteiger partial charge in [0.2, 0.25) is 5.91 Å². The molecule has 0 saturated carbocycles. The van der Waals surface area contributed by atoms with Crippen molar-refractivity contribution in [1.82, 2.24) is 0 Å². The van der Waals surface area contributed by atoms with E-state index >= 15 is 0 Å². The Morgan fingerprint density at radius 2 is 1.72 bits per heavy atom. The van der Waals surface area contributed by atoms with Crippen LogP contribution in [0.1, 0.15) is 31.4 Å². The van der Waals surface area contributed by atoms with Crippen molar-refractivity contribution < 1.29 is 14.3 Å². The van der Waals surface area contributed by atoms with Crippen LogP contribution in [0.4, 0.5) is 17.1 Å². The number of nitrogens with one attached hydrogen (secondary N) is 2. The van der Waals surface area contributed by atoms with Gasteiger partial charge in [0.25, 0.3) is 5.91 Å². The van der Waals surface area contributed by atoms with Gasteiger partial charge in [-0.1, -0.05) is 42.5 Å². The summed E-state index contributed by atoms with van der Waals surface area (Å²) in [6, 6.07) is 24.0. The smallest absolute Gasteiger partial charge is 0.251 e. The molecule has 1 unspecified atom stereocenters. The Morgan fingerprint density at radius 1 is 1.00 bits per heavy atom. The second-order valence-electron chi connectivity index (χ2n) is 7.60. The molecule has 2 N–H and O–H groups in total. The third kappa shape index (κ3) is 4.91. The molecule has 1 aliphatic heterocycles. The molecule has 3 aromatic carbocycles. The number of benzene rings is 3. The van der Waals surface area contributed by atoms with Gasteiger partial charge in [-0.3, -0.25) is 9.59 Å². The molecule has 1 aliphatic rings. The highest BCUT2D eigenvalue weighted by Gasteiger charge is 2.23. The molecule has 0 radical (unpaired) electrons. The highest BCUT2D eigenvalue weighted by atomic mass is 16.5. The van der Waals surface area contributed by atoms with Gasteiger partial charge in [0, 0.05) is 24.3 Å². The molecule has 0 aliphatic carbocycles. The lowest BCUT2D eigenvalue weighted by Gasteiger charge is -2.22. The molecule has 6 heteroatoms. The number of carbonyl (C=O) groups excluding carboxylic acids is 2. The van der Waals surface area contributed by atoms with Crippen molar-refractivity contribution in [3.8, 4) is 5.75 Å². The Hall–Kier alpha value is -3.80. The molecule has 1 heterocycles. The van der Waals surface area contributed by atoms with Gasteiger partial charge < -0.3 is 20.3 Å². The molecule has 1 atom stereocenters. The Labute approximate surface area is 188 Å². The van der Waals surface area contributed by atoms with Crippen LogP contribution in [0, 0.1) is 0 Å². The van der Waals surface area contributed by atoms with Gasteiger partial charge in [-0.25, -0.2) is 0 Å². The van der Waals surface area contributed by atoms with Gasteiger partial charge in [-0.15, -0.1) is 0 Å². The summed E-state index contributed by atoms with van der Waals surface area (Å²) in [6.07, 6.45) is 1.48. The van der Waals surface area contributed by atoms with Crippen molar-refractivity contribution in [3.63, 3.8) is 0 Å². The van der Waals surface area contributed by atoms with Crippen LogP contribution < -0.4 is 20.3 Å². The average molecular weight is 430 g/mol. The van der Waals surface area contributed by atoms with Gasteiger partial charge in [-0.05, 0) is 55.3 Å². The summed E-state index contributed by atoms with van der Waals surface area (Å²) in [5.41, 5.74) is 3.15. The molecule has 164 valence electrons. The van der Waals surface area contributed by atoms with Crippen LogP contribution in [0.2, 0.25) is 0 Å². The number of anilines is 3. The summed E-state index contributed by atoms with van der Waals surface area (Å²) < 4.78 is 5.64. The molecule has 3 aromatic rings. The Morgan fingerprint density at radius 3 is 2.41 bits per heavy atom. The van der Waals surface area contributed by atoms with Crippen molar-refractivity contribution >= 4 is 28.9 Å². The highest BCUT2D eigenvalue weighted by molar-refractivity contribution is 5.98. The summed E-state index contributed by atoms with van der Waals surface area (Å²) in [6.45, 7) is 3.17. The van der Waals surface area contributed by atoms with Crippen LogP contribution >= 0.6 is 0 Å². The van der Waals surface area contributed by atoms with Crippen LogP contribution in [0.15, 0.2) is 78.9 Å². The molecule has 32 heavy (non-hydrogen) atoms. The number of carbonyl (C=O) groups is 2. The van der Waals surface area contributed by atoms with E-state index in [1.165, 1.54) is 0 Å². The number of rotatable bonds is 8. The molecule has 2 amide bonds. The summed E-state index contributed by atoms with van der Waals surface area (Å²) in [7, 11) is 0. The predicted octanol–water partition coefficient (Wildman–Crippen LogP) is 5.00. The Bertz CT molecular complexity index is 1070. The number of ether oxygens (including phenoxy) is 1. The summed E-state index contributed by atoms with van der Waals surface area (Å²) in [5.74, 6) is 0.595. The lowest BCUT2D eigenvalue weighted by Crippen LogP contribution is -2.27. The van der Waals surface area contributed by atoms with E-state index in [1.807, 2.05) is 85.8 Å². The van der Waals surface area contributed by atoms with Gasteiger partial charge in [0.1, 0.15) is 11.8 Å². The van der Waals surface area contributed by atoms with Crippen molar-refractivity contribution in [2.75, 3.05) is 28.7 Å². The zero-order chi connectivity index (χ0) is 22.3. The van der Waals surface area contributed by atoms with Crippen molar-refractivity contribution in [3.05, 3.63) is 84.4 Å². The topological polar surface area (TPSA) is 70.7 Å². The van der Waals surface area contributed by atoms with E-state index in [0.717, 1.165) is 29.9 Å². The first-order chi connectivity index (χ1) is 15.7. The largest absolute Gasteiger partial charge is 0.492 e. The van der Waals surface area contributed by atoms with E-state index in [-0.39, 0.29) is 11.8 Å². The van der Waals surface area contributed by atoms with E-state index in [0.29, 0.717) is 24.5 Å². The quantitative estimate of drug-likeness (QED) is 0.528. The minimum Gasteiger partial charge on any atom is -0.492 e. The van der Waals surface area contributed by atoms with Gasteiger partial charge >= 0.3 is 0 Å². The minimum absolute atomic E-state index is 0.153. The van der Waals surface area contributed by atoms with E-state index in [4.69, 9.17) is 4.74 Å². The van der Waals surface area contributed by atoms with Crippen LogP contribution in [-0.4, -0.2) is 25.0 Å². The fraction of sp³-hybridized carbons (Fsp3) is 0.231. The first-order valence-electron chi connectivity index (χ1n) is 10.9. The summed E-state index contributed by atoms with van der Waals surface area (Å²) >= 11 is 0. The number of nitrogens with zero attached hydrogens (tertiary/aromatic N) is 1. The fourth-order valence-electron chi connectivity index (χ4n) is 3.83. The van der Waals surface area contributed by atoms with E-state index in [1.54, 1.807) is 4.90 Å². The van der Waals surface area contributed by atoms with Crippen molar-refractivity contribution in [2.24, 2.45) is 0 Å². The van der Waals surface area contributed by atoms with Crippen LogP contribution in [0.25, 0.3) is 0 Å².